The number of fused-ring (bicyclic) bond motifs is 5. The van der Waals surface area contributed by atoms with Gasteiger partial charge in [-0.1, -0.05) is 6.92 Å². The quantitative estimate of drug-likeness (QED) is 0.642. The van der Waals surface area contributed by atoms with E-state index in [0.717, 1.165) is 38.5 Å². The van der Waals surface area contributed by atoms with Crippen molar-refractivity contribution in [2.45, 2.75) is 57.5 Å². The van der Waals surface area contributed by atoms with E-state index in [1.165, 1.54) is 11.1 Å². The van der Waals surface area contributed by atoms with Crippen LogP contribution in [0.5, 0.6) is 11.5 Å². The molecule has 0 heterocycles. The fraction of sp³-hybridized carbons (Fsp3) is 0.667. The van der Waals surface area contributed by atoms with E-state index in [1.54, 1.807) is 12.1 Å². The van der Waals surface area contributed by atoms with Crippen LogP contribution in [0.2, 0.25) is 0 Å². The molecular formula is C18H24O3. The van der Waals surface area contributed by atoms with Gasteiger partial charge in [-0.2, -0.15) is 0 Å². The van der Waals surface area contributed by atoms with Crippen molar-refractivity contribution in [2.24, 2.45) is 17.3 Å². The summed E-state index contributed by atoms with van der Waals surface area (Å²) < 4.78 is 0. The molecule has 1 unspecified atom stereocenters. The number of phenols is 2. The minimum atomic E-state index is -0.131. The second-order valence-corrected chi connectivity index (χ2v) is 7.74. The van der Waals surface area contributed by atoms with Crippen LogP contribution in [0.1, 0.15) is 56.1 Å². The molecule has 21 heavy (non-hydrogen) atoms. The van der Waals surface area contributed by atoms with Crippen LogP contribution < -0.4 is 0 Å². The second kappa shape index (κ2) is 4.39. The fourth-order valence-electron chi connectivity index (χ4n) is 5.62. The van der Waals surface area contributed by atoms with Gasteiger partial charge in [0.2, 0.25) is 0 Å². The lowest BCUT2D eigenvalue weighted by atomic mass is 9.56. The zero-order chi connectivity index (χ0) is 14.8. The molecule has 1 aromatic carbocycles. The second-order valence-electron chi connectivity index (χ2n) is 7.74. The van der Waals surface area contributed by atoms with Gasteiger partial charge < -0.3 is 15.3 Å². The molecule has 0 radical (unpaired) electrons. The van der Waals surface area contributed by atoms with Gasteiger partial charge in [0.05, 0.1) is 6.10 Å². The van der Waals surface area contributed by atoms with E-state index in [0.29, 0.717) is 23.2 Å². The van der Waals surface area contributed by atoms with E-state index >= 15 is 0 Å². The Morgan fingerprint density at radius 3 is 2.71 bits per heavy atom. The van der Waals surface area contributed by atoms with E-state index in [2.05, 4.69) is 6.92 Å². The Kier molecular flexibility index (Phi) is 2.81. The first-order chi connectivity index (χ1) is 9.98. The Bertz CT molecular complexity index is 582. The van der Waals surface area contributed by atoms with Crippen LogP contribution >= 0.6 is 0 Å². The molecular weight excluding hydrogens is 264 g/mol. The zero-order valence-electron chi connectivity index (χ0n) is 12.5. The van der Waals surface area contributed by atoms with Crippen molar-refractivity contribution in [2.75, 3.05) is 0 Å². The summed E-state index contributed by atoms with van der Waals surface area (Å²) >= 11 is 0. The summed E-state index contributed by atoms with van der Waals surface area (Å²) in [4.78, 5) is 0. The minimum Gasteiger partial charge on any atom is -0.504 e. The highest BCUT2D eigenvalue weighted by Gasteiger charge is 2.52. The molecule has 3 aliphatic rings. The van der Waals surface area contributed by atoms with Gasteiger partial charge >= 0.3 is 0 Å². The number of rotatable bonds is 0. The normalized spacial score (nSPS) is 41.2. The van der Waals surface area contributed by atoms with E-state index in [9.17, 15) is 15.3 Å². The first kappa shape index (κ1) is 13.4. The Hall–Kier alpha value is -1.22. The lowest BCUT2D eigenvalue weighted by molar-refractivity contribution is 0.0595. The lowest BCUT2D eigenvalue weighted by Gasteiger charge is -2.49. The molecule has 5 atom stereocenters. The average Bonchev–Trinajstić information content (AvgIpc) is 2.74. The SMILES string of the molecule is C[C@]12CC[C@@H]3c4cc(O)c(O)cc4CC[C@H]3[C@@H]1CC(O)C2. The van der Waals surface area contributed by atoms with Crippen LogP contribution in [0.25, 0.3) is 0 Å². The predicted molar refractivity (Wildman–Crippen MR) is 80.4 cm³/mol. The molecule has 3 nitrogen and oxygen atoms in total. The summed E-state index contributed by atoms with van der Waals surface area (Å²) in [5.41, 5.74) is 2.75. The highest BCUT2D eigenvalue weighted by Crippen LogP contribution is 2.61. The summed E-state index contributed by atoms with van der Waals surface area (Å²) in [5, 5.41) is 29.7. The van der Waals surface area contributed by atoms with Gasteiger partial charge in [0, 0.05) is 0 Å². The molecule has 3 aliphatic carbocycles. The van der Waals surface area contributed by atoms with Crippen molar-refractivity contribution in [1.29, 1.82) is 0 Å². The van der Waals surface area contributed by atoms with Crippen LogP contribution in [0.15, 0.2) is 12.1 Å². The van der Waals surface area contributed by atoms with Crippen LogP contribution in [0.4, 0.5) is 0 Å². The van der Waals surface area contributed by atoms with Gasteiger partial charge in [-0.05, 0) is 85.0 Å². The van der Waals surface area contributed by atoms with Gasteiger partial charge in [-0.25, -0.2) is 0 Å². The topological polar surface area (TPSA) is 60.7 Å². The molecule has 4 rings (SSSR count). The maximum absolute atomic E-state index is 10.1. The number of phenolic OH excluding ortho intramolecular Hbond substituents is 2. The van der Waals surface area contributed by atoms with E-state index in [-0.39, 0.29) is 17.6 Å². The molecule has 2 fully saturated rings. The average molecular weight is 288 g/mol. The van der Waals surface area contributed by atoms with Gasteiger partial charge in [0.1, 0.15) is 0 Å². The van der Waals surface area contributed by atoms with Gasteiger partial charge in [0.25, 0.3) is 0 Å². The molecule has 0 aromatic heterocycles. The third-order valence-corrected chi connectivity index (χ3v) is 6.57. The zero-order valence-corrected chi connectivity index (χ0v) is 12.5. The molecule has 0 amide bonds. The molecule has 0 saturated heterocycles. The molecule has 1 aromatic rings. The van der Waals surface area contributed by atoms with Crippen molar-refractivity contribution in [3.63, 3.8) is 0 Å². The number of aliphatic hydroxyl groups is 1. The Balaban J connectivity index is 1.73. The van der Waals surface area contributed by atoms with Crippen LogP contribution in [-0.2, 0) is 6.42 Å². The van der Waals surface area contributed by atoms with Gasteiger partial charge in [-0.15, -0.1) is 0 Å². The van der Waals surface area contributed by atoms with Crippen molar-refractivity contribution in [3.05, 3.63) is 23.3 Å². The summed E-state index contributed by atoms with van der Waals surface area (Å²) in [7, 11) is 0. The molecule has 2 saturated carbocycles. The number of aliphatic hydroxyl groups excluding tert-OH is 1. The lowest BCUT2D eigenvalue weighted by Crippen LogP contribution is -2.39. The molecule has 3 heteroatoms. The molecule has 0 bridgehead atoms. The first-order valence-corrected chi connectivity index (χ1v) is 8.21. The Morgan fingerprint density at radius 2 is 1.90 bits per heavy atom. The number of aryl methyl sites for hydroxylation is 1. The van der Waals surface area contributed by atoms with Crippen LogP contribution in [-0.4, -0.2) is 21.4 Å². The Labute approximate surface area is 125 Å². The monoisotopic (exact) mass is 288 g/mol. The van der Waals surface area contributed by atoms with Crippen LogP contribution in [0.3, 0.4) is 0 Å². The number of hydrogen-bond donors (Lipinski definition) is 3. The van der Waals surface area contributed by atoms with Crippen molar-refractivity contribution in [1.82, 2.24) is 0 Å². The fourth-order valence-corrected chi connectivity index (χ4v) is 5.62. The van der Waals surface area contributed by atoms with E-state index in [1.807, 2.05) is 0 Å². The Morgan fingerprint density at radius 1 is 1.14 bits per heavy atom. The summed E-state index contributed by atoms with van der Waals surface area (Å²) in [6.45, 7) is 2.36. The first-order valence-electron chi connectivity index (χ1n) is 8.21. The maximum Gasteiger partial charge on any atom is 0.157 e. The molecule has 3 N–H and O–H groups in total. The number of hydrogen-bond acceptors (Lipinski definition) is 3. The standard InChI is InChI=1S/C18H24O3/c1-18-5-4-12-13(15(18)7-11(19)9-18)3-2-10-6-16(20)17(21)8-14(10)12/h6,8,11-13,15,19-21H,2-5,7,9H2,1H3/t11?,12-,13+,15-,18+/m0/s1. The van der Waals surface area contributed by atoms with Crippen molar-refractivity contribution in [3.8, 4) is 11.5 Å². The third kappa shape index (κ3) is 1.90. The highest BCUT2D eigenvalue weighted by molar-refractivity contribution is 5.48. The molecule has 0 spiro atoms. The maximum atomic E-state index is 10.1. The smallest absolute Gasteiger partial charge is 0.157 e. The number of benzene rings is 1. The van der Waals surface area contributed by atoms with E-state index in [4.69, 9.17) is 0 Å². The van der Waals surface area contributed by atoms with Crippen molar-refractivity contribution < 1.29 is 15.3 Å². The predicted octanol–water partition coefficient (Wildman–Crippen LogP) is 3.31. The molecule has 114 valence electrons. The minimum absolute atomic E-state index is 0.00383. The van der Waals surface area contributed by atoms with Gasteiger partial charge in [-0.3, -0.25) is 0 Å². The summed E-state index contributed by atoms with van der Waals surface area (Å²) in [6, 6.07) is 3.54. The largest absolute Gasteiger partial charge is 0.504 e. The summed E-state index contributed by atoms with van der Waals surface area (Å²) in [6.07, 6.45) is 6.19. The highest BCUT2D eigenvalue weighted by atomic mass is 16.3. The van der Waals surface area contributed by atoms with Crippen LogP contribution in [0, 0.1) is 17.3 Å². The molecule has 0 aliphatic heterocycles. The number of aromatic hydroxyl groups is 2. The third-order valence-electron chi connectivity index (χ3n) is 6.57. The van der Waals surface area contributed by atoms with Gasteiger partial charge in [0.15, 0.2) is 11.5 Å². The van der Waals surface area contributed by atoms with E-state index < -0.39 is 0 Å². The summed E-state index contributed by atoms with van der Waals surface area (Å²) in [5.74, 6) is 1.73. The van der Waals surface area contributed by atoms with Crippen molar-refractivity contribution >= 4 is 0 Å².